The lowest BCUT2D eigenvalue weighted by atomic mass is 10.0. The molecule has 378 valence electrons. The average Bonchev–Trinajstić information content (AvgIpc) is 3.29. The molecular weight excluding hydrogens is 791 g/mol. The van der Waals surface area contributed by atoms with Crippen molar-refractivity contribution in [3.63, 3.8) is 0 Å². The number of aliphatic hydroxyl groups is 2. The summed E-state index contributed by atoms with van der Waals surface area (Å²) in [6.45, 7) is 4.93. The van der Waals surface area contributed by atoms with Gasteiger partial charge < -0.3 is 20.3 Å². The van der Waals surface area contributed by atoms with Crippen LogP contribution in [0.1, 0.15) is 309 Å². The highest BCUT2D eigenvalue weighted by atomic mass is 16.5. The molecule has 64 heavy (non-hydrogen) atoms. The van der Waals surface area contributed by atoms with Crippen molar-refractivity contribution >= 4 is 11.9 Å². The van der Waals surface area contributed by atoms with Crippen molar-refractivity contribution in [3.05, 3.63) is 24.3 Å². The fourth-order valence-electron chi connectivity index (χ4n) is 8.81. The fraction of sp³-hybridized carbons (Fsp3) is 0.897. The van der Waals surface area contributed by atoms with Crippen LogP contribution < -0.4 is 5.32 Å². The molecule has 2 unspecified atom stereocenters. The van der Waals surface area contributed by atoms with Crippen LogP contribution in [-0.2, 0) is 14.3 Å². The first-order chi connectivity index (χ1) is 31.5. The summed E-state index contributed by atoms with van der Waals surface area (Å²) >= 11 is 0. The minimum absolute atomic E-state index is 0.00214. The van der Waals surface area contributed by atoms with E-state index in [1.54, 1.807) is 0 Å². The van der Waals surface area contributed by atoms with Crippen molar-refractivity contribution in [1.29, 1.82) is 0 Å². The van der Waals surface area contributed by atoms with E-state index < -0.39 is 12.1 Å². The summed E-state index contributed by atoms with van der Waals surface area (Å²) in [4.78, 5) is 24.4. The van der Waals surface area contributed by atoms with Gasteiger partial charge in [0, 0.05) is 12.8 Å². The van der Waals surface area contributed by atoms with Gasteiger partial charge in [-0.05, 0) is 77.0 Å². The number of nitrogens with one attached hydrogen (secondary N) is 1. The third-order valence-corrected chi connectivity index (χ3v) is 13.2. The highest BCUT2D eigenvalue weighted by molar-refractivity contribution is 5.76. The first-order valence-corrected chi connectivity index (χ1v) is 28.6. The normalized spacial score (nSPS) is 12.8. The molecule has 0 aromatic rings. The molecule has 0 aromatic heterocycles. The molecule has 6 heteroatoms. The molecule has 0 heterocycles. The Labute approximate surface area is 399 Å². The SMILES string of the molecule is CCCCCC/C=C\CCCCCCCC(=O)OCCCCCCCCCCCCCC/C=C\CCCCCCCCCC(=O)NC(CO)C(O)CCCCCCCCCCCCC. The van der Waals surface area contributed by atoms with Crippen LogP contribution in [0, 0.1) is 0 Å². The summed E-state index contributed by atoms with van der Waals surface area (Å²) in [5.41, 5.74) is 0. The smallest absolute Gasteiger partial charge is 0.305 e. The van der Waals surface area contributed by atoms with Crippen LogP contribution in [0.15, 0.2) is 24.3 Å². The lowest BCUT2D eigenvalue weighted by Gasteiger charge is -2.22. The van der Waals surface area contributed by atoms with E-state index in [1.165, 1.54) is 231 Å². The summed E-state index contributed by atoms with van der Waals surface area (Å²) in [5, 5.41) is 23.2. The largest absolute Gasteiger partial charge is 0.466 e. The molecule has 0 saturated carbocycles. The number of rotatable bonds is 53. The van der Waals surface area contributed by atoms with E-state index in [9.17, 15) is 19.8 Å². The van der Waals surface area contributed by atoms with E-state index in [2.05, 4.69) is 43.5 Å². The molecule has 1 amide bonds. The topological polar surface area (TPSA) is 95.9 Å². The average molecular weight is 903 g/mol. The molecule has 0 aliphatic rings. The summed E-state index contributed by atoms with van der Waals surface area (Å²) in [7, 11) is 0. The molecule has 0 bridgehead atoms. The first kappa shape index (κ1) is 62.3. The molecule has 0 aliphatic carbocycles. The quantitative estimate of drug-likeness (QED) is 0.0321. The summed E-state index contributed by atoms with van der Waals surface area (Å²) in [6, 6.07) is -0.544. The van der Waals surface area contributed by atoms with E-state index >= 15 is 0 Å². The molecule has 2 atom stereocenters. The predicted octanol–water partition coefficient (Wildman–Crippen LogP) is 17.5. The minimum atomic E-state index is -0.666. The number of esters is 1. The third-order valence-electron chi connectivity index (χ3n) is 13.2. The van der Waals surface area contributed by atoms with Gasteiger partial charge in [-0.2, -0.15) is 0 Å². The van der Waals surface area contributed by atoms with Gasteiger partial charge in [-0.15, -0.1) is 0 Å². The highest BCUT2D eigenvalue weighted by Crippen LogP contribution is 2.17. The van der Waals surface area contributed by atoms with Crippen LogP contribution in [0.2, 0.25) is 0 Å². The van der Waals surface area contributed by atoms with Crippen LogP contribution in [0.3, 0.4) is 0 Å². The summed E-state index contributed by atoms with van der Waals surface area (Å²) < 4.78 is 5.47. The molecule has 0 saturated heterocycles. The van der Waals surface area contributed by atoms with Gasteiger partial charge in [-0.3, -0.25) is 9.59 Å². The lowest BCUT2D eigenvalue weighted by molar-refractivity contribution is -0.143. The number of carbonyl (C=O) groups is 2. The second-order valence-corrected chi connectivity index (χ2v) is 19.6. The molecule has 0 aliphatic heterocycles. The molecule has 6 nitrogen and oxygen atoms in total. The molecular formula is C58H111NO5. The van der Waals surface area contributed by atoms with Gasteiger partial charge in [-0.1, -0.05) is 244 Å². The Morgan fingerprint density at radius 3 is 1.12 bits per heavy atom. The van der Waals surface area contributed by atoms with Crippen LogP contribution in [-0.4, -0.2) is 47.4 Å². The van der Waals surface area contributed by atoms with Gasteiger partial charge in [0.25, 0.3) is 0 Å². The minimum Gasteiger partial charge on any atom is -0.466 e. The Bertz CT molecular complexity index is 997. The maximum atomic E-state index is 12.4. The second-order valence-electron chi connectivity index (χ2n) is 19.6. The van der Waals surface area contributed by atoms with Crippen LogP contribution in [0.5, 0.6) is 0 Å². The van der Waals surface area contributed by atoms with Crippen LogP contribution in [0.25, 0.3) is 0 Å². The highest BCUT2D eigenvalue weighted by Gasteiger charge is 2.20. The van der Waals surface area contributed by atoms with Crippen molar-refractivity contribution in [2.75, 3.05) is 13.2 Å². The van der Waals surface area contributed by atoms with Crippen molar-refractivity contribution < 1.29 is 24.5 Å². The van der Waals surface area contributed by atoms with Crippen LogP contribution >= 0.6 is 0 Å². The number of hydrogen-bond donors (Lipinski definition) is 3. The number of unbranched alkanes of at least 4 members (excludes halogenated alkanes) is 38. The van der Waals surface area contributed by atoms with Gasteiger partial charge in [0.15, 0.2) is 0 Å². The van der Waals surface area contributed by atoms with Crippen molar-refractivity contribution in [2.24, 2.45) is 0 Å². The van der Waals surface area contributed by atoms with Gasteiger partial charge in [0.2, 0.25) is 5.91 Å². The number of allylic oxidation sites excluding steroid dienone is 4. The Morgan fingerprint density at radius 2 is 0.734 bits per heavy atom. The molecule has 0 rings (SSSR count). The Hall–Kier alpha value is -1.66. The van der Waals surface area contributed by atoms with E-state index in [1.807, 2.05) is 0 Å². The molecule has 0 aromatic carbocycles. The predicted molar refractivity (Wildman–Crippen MR) is 278 cm³/mol. The summed E-state index contributed by atoms with van der Waals surface area (Å²) in [5.74, 6) is -0.0399. The Morgan fingerprint density at radius 1 is 0.422 bits per heavy atom. The molecule has 0 spiro atoms. The van der Waals surface area contributed by atoms with Gasteiger partial charge in [-0.25, -0.2) is 0 Å². The molecule has 0 radical (unpaired) electrons. The number of carbonyl (C=O) groups excluding carboxylic acids is 2. The number of aliphatic hydroxyl groups excluding tert-OH is 2. The van der Waals surface area contributed by atoms with Crippen molar-refractivity contribution in [3.8, 4) is 0 Å². The fourth-order valence-corrected chi connectivity index (χ4v) is 8.81. The molecule has 3 N–H and O–H groups in total. The Kier molecular flexibility index (Phi) is 52.6. The zero-order chi connectivity index (χ0) is 46.5. The second kappa shape index (κ2) is 54.0. The third kappa shape index (κ3) is 49.8. The number of ether oxygens (including phenoxy) is 1. The monoisotopic (exact) mass is 902 g/mol. The standard InChI is InChI=1S/C58H111NO5/c1-3-5-7-9-11-13-15-27-32-36-40-44-48-52-58(63)64-53-49-45-41-37-33-29-26-24-22-20-18-16-17-19-21-23-25-28-31-35-39-43-47-51-57(62)59-55(54-60)56(61)50-46-42-38-34-30-14-12-10-8-6-4-2/h13,15,19,21,55-56,60-61H,3-12,14,16-18,20,22-54H2,1-2H3,(H,59,62)/b15-13-,21-19-. The molecule has 0 fully saturated rings. The lowest BCUT2D eigenvalue weighted by Crippen LogP contribution is -2.45. The van der Waals surface area contributed by atoms with E-state index in [0.29, 0.717) is 25.9 Å². The Balaban J connectivity index is 3.40. The maximum Gasteiger partial charge on any atom is 0.305 e. The van der Waals surface area contributed by atoms with E-state index in [-0.39, 0.29) is 18.5 Å². The zero-order valence-corrected chi connectivity index (χ0v) is 43.0. The van der Waals surface area contributed by atoms with Gasteiger partial charge in [0.05, 0.1) is 25.4 Å². The van der Waals surface area contributed by atoms with Gasteiger partial charge >= 0.3 is 5.97 Å². The van der Waals surface area contributed by atoms with Crippen LogP contribution in [0.4, 0.5) is 0 Å². The maximum absolute atomic E-state index is 12.4. The van der Waals surface area contributed by atoms with Crippen molar-refractivity contribution in [2.45, 2.75) is 321 Å². The van der Waals surface area contributed by atoms with Gasteiger partial charge in [0.1, 0.15) is 0 Å². The zero-order valence-electron chi connectivity index (χ0n) is 43.0. The van der Waals surface area contributed by atoms with E-state index in [0.717, 1.165) is 44.9 Å². The van der Waals surface area contributed by atoms with Crippen molar-refractivity contribution in [1.82, 2.24) is 5.32 Å². The summed E-state index contributed by atoms with van der Waals surface area (Å²) in [6.07, 6.45) is 64.6. The van der Waals surface area contributed by atoms with E-state index in [4.69, 9.17) is 4.74 Å². The number of amides is 1. The number of hydrogen-bond acceptors (Lipinski definition) is 5. The first-order valence-electron chi connectivity index (χ1n) is 28.6.